The van der Waals surface area contributed by atoms with Crippen molar-refractivity contribution in [2.24, 2.45) is 0 Å². The fourth-order valence-electron chi connectivity index (χ4n) is 4.87. The SMILES string of the molecule is C[C@@H](n1cnc(C=Cc2ccc(OCC(F)(F)C(F)F)cc2)n1)[C@@](Cn1cncn1)(OCOP(=O)(OC(C)(C)C)OC(C)(C)C)c1ccc(F)cc1F. The zero-order chi connectivity index (χ0) is 39.2. The first-order chi connectivity index (χ1) is 24.6. The topological polar surface area (TPSA) is 125 Å². The van der Waals surface area contributed by atoms with Gasteiger partial charge in [-0.1, -0.05) is 24.3 Å². The van der Waals surface area contributed by atoms with E-state index in [1.54, 1.807) is 54.5 Å². The molecule has 0 aliphatic carbocycles. The number of benzene rings is 2. The van der Waals surface area contributed by atoms with Crippen LogP contribution in [0.4, 0.5) is 26.3 Å². The van der Waals surface area contributed by atoms with Crippen LogP contribution in [0, 0.1) is 11.6 Å². The maximum Gasteiger partial charge on any atom is 0.477 e. The minimum Gasteiger partial charge on any atom is -0.487 e. The van der Waals surface area contributed by atoms with Gasteiger partial charge >= 0.3 is 20.2 Å². The van der Waals surface area contributed by atoms with Gasteiger partial charge in [0.2, 0.25) is 0 Å². The van der Waals surface area contributed by atoms with Gasteiger partial charge in [0.05, 0.1) is 23.8 Å². The summed E-state index contributed by atoms with van der Waals surface area (Å²) in [6, 6.07) is 7.67. The van der Waals surface area contributed by atoms with Crippen LogP contribution in [0.5, 0.6) is 5.75 Å². The van der Waals surface area contributed by atoms with Crippen LogP contribution in [0.2, 0.25) is 0 Å². The number of rotatable bonds is 17. The van der Waals surface area contributed by atoms with E-state index in [9.17, 15) is 26.5 Å². The molecule has 12 nitrogen and oxygen atoms in total. The molecule has 0 fully saturated rings. The highest BCUT2D eigenvalue weighted by Gasteiger charge is 2.46. The zero-order valence-corrected chi connectivity index (χ0v) is 30.9. The molecular weight excluding hydrogens is 733 g/mol. The number of alkyl halides is 4. The van der Waals surface area contributed by atoms with Crippen LogP contribution < -0.4 is 4.74 Å². The predicted molar refractivity (Wildman–Crippen MR) is 181 cm³/mol. The van der Waals surface area contributed by atoms with Crippen molar-refractivity contribution in [1.29, 1.82) is 0 Å². The largest absolute Gasteiger partial charge is 0.487 e. The van der Waals surface area contributed by atoms with Gasteiger partial charge in [0.15, 0.2) is 19.2 Å². The Kier molecular flexibility index (Phi) is 13.0. The Morgan fingerprint density at radius 1 is 0.925 bits per heavy atom. The highest BCUT2D eigenvalue weighted by atomic mass is 31.2. The number of hydrogen-bond donors (Lipinski definition) is 0. The van der Waals surface area contributed by atoms with Gasteiger partial charge in [0.25, 0.3) is 0 Å². The van der Waals surface area contributed by atoms with Crippen molar-refractivity contribution in [3.8, 4) is 5.75 Å². The van der Waals surface area contributed by atoms with Crippen molar-refractivity contribution < 1.29 is 54.0 Å². The Morgan fingerprint density at radius 2 is 1.58 bits per heavy atom. The van der Waals surface area contributed by atoms with Crippen molar-refractivity contribution in [1.82, 2.24) is 29.5 Å². The summed E-state index contributed by atoms with van der Waals surface area (Å²) in [4.78, 5) is 8.28. The highest BCUT2D eigenvalue weighted by Crippen LogP contribution is 2.56. The molecule has 0 aliphatic rings. The molecule has 0 aliphatic heterocycles. The number of ether oxygens (including phenoxy) is 2. The fourth-order valence-corrected chi connectivity index (χ4v) is 6.53. The Hall–Kier alpha value is -4.09. The molecule has 4 aromatic rings. The van der Waals surface area contributed by atoms with Crippen LogP contribution in [0.25, 0.3) is 12.2 Å². The summed E-state index contributed by atoms with van der Waals surface area (Å²) in [5, 5.41) is 8.67. The summed E-state index contributed by atoms with van der Waals surface area (Å²) in [5.41, 5.74) is -3.31. The van der Waals surface area contributed by atoms with Crippen molar-refractivity contribution in [3.63, 3.8) is 0 Å². The van der Waals surface area contributed by atoms with Gasteiger partial charge in [0, 0.05) is 11.6 Å². The van der Waals surface area contributed by atoms with Crippen molar-refractivity contribution >= 4 is 20.0 Å². The van der Waals surface area contributed by atoms with Crippen LogP contribution in [0.3, 0.4) is 0 Å². The summed E-state index contributed by atoms with van der Waals surface area (Å²) in [7, 11) is -4.31. The van der Waals surface area contributed by atoms with Gasteiger partial charge in [-0.05, 0) is 78.3 Å². The molecular formula is C34H41F6N6O6P. The lowest BCUT2D eigenvalue weighted by atomic mass is 9.86. The van der Waals surface area contributed by atoms with Crippen LogP contribution in [0.1, 0.15) is 71.5 Å². The Balaban J connectivity index is 1.66. The summed E-state index contributed by atoms with van der Waals surface area (Å²) in [5.74, 6) is -5.96. The number of phosphoric acid groups is 1. The molecule has 2 aromatic heterocycles. The van der Waals surface area contributed by atoms with E-state index in [1.165, 1.54) is 64.8 Å². The second-order valence-corrected chi connectivity index (χ2v) is 15.4. The van der Waals surface area contributed by atoms with E-state index >= 15 is 4.39 Å². The average molecular weight is 775 g/mol. The molecule has 0 amide bonds. The summed E-state index contributed by atoms with van der Waals surface area (Å²) >= 11 is 0. The van der Waals surface area contributed by atoms with Crippen LogP contribution in [-0.4, -0.2) is 66.5 Å². The minimum absolute atomic E-state index is 0.0364. The van der Waals surface area contributed by atoms with E-state index in [4.69, 9.17) is 23.0 Å². The molecule has 0 saturated heterocycles. The summed E-state index contributed by atoms with van der Waals surface area (Å²) < 4.78 is 126. The van der Waals surface area contributed by atoms with Crippen LogP contribution in [0.15, 0.2) is 61.4 Å². The van der Waals surface area contributed by atoms with Gasteiger partial charge in [-0.3, -0.25) is 13.6 Å². The first-order valence-electron chi connectivity index (χ1n) is 16.2. The molecule has 19 heteroatoms. The highest BCUT2D eigenvalue weighted by molar-refractivity contribution is 7.48. The lowest BCUT2D eigenvalue weighted by Gasteiger charge is -2.39. The molecule has 0 spiro atoms. The second kappa shape index (κ2) is 16.5. The van der Waals surface area contributed by atoms with Gasteiger partial charge in [-0.2, -0.15) is 19.0 Å². The zero-order valence-electron chi connectivity index (χ0n) is 30.1. The third-order valence-corrected chi connectivity index (χ3v) is 9.17. The molecule has 2 heterocycles. The molecule has 0 radical (unpaired) electrons. The number of halogens is 6. The molecule has 2 atom stereocenters. The number of phosphoric ester groups is 1. The van der Waals surface area contributed by atoms with Crippen molar-refractivity contribution in [2.75, 3.05) is 13.4 Å². The maximum absolute atomic E-state index is 15.8. The molecule has 0 N–H and O–H groups in total. The van der Waals surface area contributed by atoms with E-state index in [-0.39, 0.29) is 23.7 Å². The number of aromatic nitrogens is 6. The first kappa shape index (κ1) is 41.7. The molecule has 53 heavy (non-hydrogen) atoms. The number of nitrogens with zero attached hydrogens (tertiary/aromatic N) is 6. The van der Waals surface area contributed by atoms with Crippen molar-refractivity contribution in [2.45, 2.75) is 90.2 Å². The maximum atomic E-state index is 15.8. The third-order valence-electron chi connectivity index (χ3n) is 7.20. The van der Waals surface area contributed by atoms with Gasteiger partial charge in [-0.25, -0.2) is 41.5 Å². The van der Waals surface area contributed by atoms with Gasteiger partial charge in [-0.15, -0.1) is 0 Å². The van der Waals surface area contributed by atoms with Gasteiger partial charge in [0.1, 0.15) is 42.0 Å². The van der Waals surface area contributed by atoms with Crippen LogP contribution in [-0.2, 0) is 35.0 Å². The standard InChI is InChI=1S/C34H41F6N6O6P/c1-23(46-21-42-29(44-46)15-10-24-8-12-26(13-9-24)48-18-34(39,40)30(37)38)33(17-45-20-41-19-43-45,27-14-11-25(35)16-28(27)36)49-22-50-53(47,51-31(2,3)4)52-32(5,6)7/h8-16,19-21,23,30H,17-18,22H2,1-7H3/t23-,33-/m1/s1. The molecule has 0 unspecified atom stereocenters. The minimum atomic E-state index is -4.31. The molecule has 290 valence electrons. The quantitative estimate of drug-likeness (QED) is 0.0586. The van der Waals surface area contributed by atoms with E-state index < -0.39 is 68.0 Å². The summed E-state index contributed by atoms with van der Waals surface area (Å²) in [6.07, 6.45) is 3.22. The molecule has 2 aromatic carbocycles. The van der Waals surface area contributed by atoms with E-state index in [0.717, 1.165) is 6.07 Å². The third kappa shape index (κ3) is 11.7. The smallest absolute Gasteiger partial charge is 0.477 e. The van der Waals surface area contributed by atoms with Crippen LogP contribution >= 0.6 is 7.82 Å². The van der Waals surface area contributed by atoms with E-state index in [2.05, 4.69) is 20.2 Å². The number of hydrogen-bond acceptors (Lipinski definition) is 10. The Morgan fingerprint density at radius 3 is 2.15 bits per heavy atom. The molecule has 0 saturated carbocycles. The lowest BCUT2D eigenvalue weighted by molar-refractivity contribution is -0.159. The lowest BCUT2D eigenvalue weighted by Crippen LogP contribution is -2.44. The normalized spacial score (nSPS) is 14.9. The van der Waals surface area contributed by atoms with Gasteiger partial charge < -0.3 is 9.47 Å². The monoisotopic (exact) mass is 774 g/mol. The van der Waals surface area contributed by atoms with Crippen molar-refractivity contribution in [3.05, 3.63) is 90.0 Å². The Labute approximate surface area is 302 Å². The predicted octanol–water partition coefficient (Wildman–Crippen LogP) is 8.48. The first-order valence-corrected chi connectivity index (χ1v) is 17.6. The Bertz CT molecular complexity index is 1840. The van der Waals surface area contributed by atoms with E-state index in [0.29, 0.717) is 11.6 Å². The summed E-state index contributed by atoms with van der Waals surface area (Å²) in [6.45, 7) is 9.10. The average Bonchev–Trinajstić information content (AvgIpc) is 3.73. The van der Waals surface area contributed by atoms with E-state index in [1.807, 2.05) is 0 Å². The molecule has 0 bridgehead atoms. The molecule has 4 rings (SSSR count). The second-order valence-electron chi connectivity index (χ2n) is 13.9. The fraction of sp³-hybridized carbons (Fsp3) is 0.471.